The van der Waals surface area contributed by atoms with Gasteiger partial charge in [0.15, 0.2) is 0 Å². The number of anilines is 1. The molecule has 0 radical (unpaired) electrons. The van der Waals surface area contributed by atoms with E-state index < -0.39 is 0 Å². The van der Waals surface area contributed by atoms with Crippen LogP contribution in [-0.4, -0.2) is 49.5 Å². The molecule has 2 aliphatic rings. The quantitative estimate of drug-likeness (QED) is 0.900. The average Bonchev–Trinajstić information content (AvgIpc) is 3.26. The predicted molar refractivity (Wildman–Crippen MR) is 94.2 cm³/mol. The second-order valence-electron chi connectivity index (χ2n) is 7.05. The van der Waals surface area contributed by atoms with Gasteiger partial charge < -0.3 is 14.8 Å². The molecule has 0 unspecified atom stereocenters. The molecule has 1 saturated heterocycles. The third-order valence-corrected chi connectivity index (χ3v) is 5.03. The molecule has 2 aromatic rings. The average molecular weight is 340 g/mol. The number of aromatic nitrogens is 4. The molecule has 1 N–H and O–H groups in total. The first kappa shape index (κ1) is 16.1. The van der Waals surface area contributed by atoms with Crippen molar-refractivity contribution in [3.05, 3.63) is 36.3 Å². The lowest BCUT2D eigenvalue weighted by molar-refractivity contribution is -0.129. The summed E-state index contributed by atoms with van der Waals surface area (Å²) in [6, 6.07) is 2.01. The number of rotatable bonds is 5. The van der Waals surface area contributed by atoms with E-state index in [9.17, 15) is 4.79 Å². The molecule has 1 saturated carbocycles. The Morgan fingerprint density at radius 1 is 1.32 bits per heavy atom. The fourth-order valence-electron chi connectivity index (χ4n) is 3.48. The molecule has 1 amide bonds. The topological polar surface area (TPSA) is 75.9 Å². The lowest BCUT2D eigenvalue weighted by Crippen LogP contribution is -2.31. The van der Waals surface area contributed by atoms with Crippen molar-refractivity contribution in [2.24, 2.45) is 7.05 Å². The highest BCUT2D eigenvalue weighted by molar-refractivity contribution is 5.76. The van der Waals surface area contributed by atoms with Gasteiger partial charge in [0, 0.05) is 50.8 Å². The van der Waals surface area contributed by atoms with E-state index in [1.54, 1.807) is 0 Å². The van der Waals surface area contributed by atoms with Crippen LogP contribution in [0.4, 0.5) is 5.82 Å². The molecule has 4 rings (SSSR count). The Bertz CT molecular complexity index is 768. The largest absolute Gasteiger partial charge is 0.365 e. The predicted octanol–water partition coefficient (Wildman–Crippen LogP) is 1.90. The lowest BCUT2D eigenvalue weighted by Gasteiger charge is -2.19. The Hall–Kier alpha value is -2.44. The maximum Gasteiger partial charge on any atom is 0.222 e. The third kappa shape index (κ3) is 3.36. The van der Waals surface area contributed by atoms with E-state index in [1.807, 2.05) is 48.2 Å². The molecule has 7 heteroatoms. The number of amides is 1. The van der Waals surface area contributed by atoms with E-state index in [2.05, 4.69) is 20.3 Å². The summed E-state index contributed by atoms with van der Waals surface area (Å²) >= 11 is 0. The van der Waals surface area contributed by atoms with Crippen molar-refractivity contribution in [2.45, 2.75) is 44.1 Å². The molecule has 1 aliphatic carbocycles. The third-order valence-electron chi connectivity index (χ3n) is 5.03. The minimum atomic E-state index is 0.104. The Morgan fingerprint density at radius 3 is 2.84 bits per heavy atom. The second kappa shape index (κ2) is 6.46. The number of aryl methyl sites for hydroxylation is 1. The lowest BCUT2D eigenvalue weighted by atomic mass is 10.0. The SMILES string of the molecule is CCC(=O)N1C[C@@H](Nc2ccnc(C3CC3)n2)[C@H](c2cn(C)cn2)C1. The highest BCUT2D eigenvalue weighted by Crippen LogP contribution is 2.38. The van der Waals surface area contributed by atoms with Gasteiger partial charge in [-0.05, 0) is 18.9 Å². The van der Waals surface area contributed by atoms with Gasteiger partial charge in [0.05, 0.1) is 18.1 Å². The van der Waals surface area contributed by atoms with E-state index >= 15 is 0 Å². The summed E-state index contributed by atoms with van der Waals surface area (Å²) in [5.74, 6) is 2.64. The minimum absolute atomic E-state index is 0.104. The molecule has 3 heterocycles. The number of nitrogens with zero attached hydrogens (tertiary/aromatic N) is 5. The maximum atomic E-state index is 12.2. The monoisotopic (exact) mass is 340 g/mol. The van der Waals surface area contributed by atoms with Gasteiger partial charge in [-0.25, -0.2) is 15.0 Å². The zero-order valence-corrected chi connectivity index (χ0v) is 14.7. The minimum Gasteiger partial charge on any atom is -0.365 e. The summed E-state index contributed by atoms with van der Waals surface area (Å²) in [6.07, 6.45) is 8.57. The van der Waals surface area contributed by atoms with Crippen LogP contribution in [0, 0.1) is 0 Å². The zero-order chi connectivity index (χ0) is 17.4. The van der Waals surface area contributed by atoms with Gasteiger partial charge in [0.1, 0.15) is 11.6 Å². The van der Waals surface area contributed by atoms with Crippen LogP contribution >= 0.6 is 0 Å². The van der Waals surface area contributed by atoms with Gasteiger partial charge in [-0.2, -0.15) is 0 Å². The van der Waals surface area contributed by atoms with Crippen LogP contribution in [-0.2, 0) is 11.8 Å². The Kier molecular flexibility index (Phi) is 4.15. The molecular weight excluding hydrogens is 316 g/mol. The van der Waals surface area contributed by atoms with E-state index in [-0.39, 0.29) is 17.9 Å². The van der Waals surface area contributed by atoms with Gasteiger partial charge in [-0.15, -0.1) is 0 Å². The number of likely N-dealkylation sites (tertiary alicyclic amines) is 1. The van der Waals surface area contributed by atoms with Crippen LogP contribution in [0.1, 0.15) is 49.5 Å². The maximum absolute atomic E-state index is 12.2. The first-order chi connectivity index (χ1) is 12.1. The summed E-state index contributed by atoms with van der Waals surface area (Å²) < 4.78 is 1.95. The molecule has 2 aromatic heterocycles. The molecule has 0 aromatic carbocycles. The van der Waals surface area contributed by atoms with Crippen LogP contribution in [0.5, 0.6) is 0 Å². The van der Waals surface area contributed by atoms with Crippen molar-refractivity contribution < 1.29 is 4.79 Å². The van der Waals surface area contributed by atoms with Gasteiger partial charge in [0.25, 0.3) is 0 Å². The number of imidazole rings is 1. The normalized spacial score (nSPS) is 23.0. The van der Waals surface area contributed by atoms with Gasteiger partial charge >= 0.3 is 0 Å². The van der Waals surface area contributed by atoms with Gasteiger partial charge in [0.2, 0.25) is 5.91 Å². The fourth-order valence-corrected chi connectivity index (χ4v) is 3.48. The molecule has 0 spiro atoms. The van der Waals surface area contributed by atoms with Crippen molar-refractivity contribution >= 4 is 11.7 Å². The first-order valence-corrected chi connectivity index (χ1v) is 8.99. The summed E-state index contributed by atoms with van der Waals surface area (Å²) in [6.45, 7) is 3.28. The number of hydrogen-bond acceptors (Lipinski definition) is 5. The van der Waals surface area contributed by atoms with Crippen molar-refractivity contribution in [1.29, 1.82) is 0 Å². The number of nitrogens with one attached hydrogen (secondary N) is 1. The van der Waals surface area contributed by atoms with E-state index in [0.717, 1.165) is 17.3 Å². The number of hydrogen-bond donors (Lipinski definition) is 1. The first-order valence-electron chi connectivity index (χ1n) is 8.99. The standard InChI is InChI=1S/C18H24N6O/c1-3-17(25)24-8-13(14-9-23(2)11-20-14)15(10-24)21-16-6-7-19-18(22-16)12-4-5-12/h6-7,9,11-13,15H,3-5,8,10H2,1-2H3,(H,19,21,22)/t13-,15+/m0/s1. The second-order valence-corrected chi connectivity index (χ2v) is 7.05. The summed E-state index contributed by atoms with van der Waals surface area (Å²) in [5.41, 5.74) is 1.02. The van der Waals surface area contributed by atoms with Crippen LogP contribution in [0.25, 0.3) is 0 Å². The highest BCUT2D eigenvalue weighted by atomic mass is 16.2. The Morgan fingerprint density at radius 2 is 2.16 bits per heavy atom. The summed E-state index contributed by atoms with van der Waals surface area (Å²) in [7, 11) is 1.97. The molecule has 0 bridgehead atoms. The van der Waals surface area contributed by atoms with Crippen molar-refractivity contribution in [2.75, 3.05) is 18.4 Å². The van der Waals surface area contributed by atoms with Crippen molar-refractivity contribution in [1.82, 2.24) is 24.4 Å². The number of carbonyl (C=O) groups is 1. The van der Waals surface area contributed by atoms with Crippen molar-refractivity contribution in [3.63, 3.8) is 0 Å². The molecule has 7 nitrogen and oxygen atoms in total. The van der Waals surface area contributed by atoms with Gasteiger partial charge in [-0.1, -0.05) is 6.92 Å². The van der Waals surface area contributed by atoms with E-state index in [0.29, 0.717) is 25.4 Å². The van der Waals surface area contributed by atoms with Crippen molar-refractivity contribution in [3.8, 4) is 0 Å². The number of carbonyl (C=O) groups excluding carboxylic acids is 1. The molecular formula is C18H24N6O. The molecule has 25 heavy (non-hydrogen) atoms. The van der Waals surface area contributed by atoms with Crippen LogP contribution < -0.4 is 5.32 Å². The summed E-state index contributed by atoms with van der Waals surface area (Å²) in [5, 5.41) is 3.54. The molecule has 2 atom stereocenters. The summed E-state index contributed by atoms with van der Waals surface area (Å²) in [4.78, 5) is 27.7. The zero-order valence-electron chi connectivity index (χ0n) is 14.7. The molecule has 132 valence electrons. The van der Waals surface area contributed by atoms with E-state index in [4.69, 9.17) is 0 Å². The Labute approximate surface area is 147 Å². The molecule has 1 aliphatic heterocycles. The van der Waals surface area contributed by atoms with Crippen LogP contribution in [0.2, 0.25) is 0 Å². The fraction of sp³-hybridized carbons (Fsp3) is 0.556. The van der Waals surface area contributed by atoms with Crippen LogP contribution in [0.15, 0.2) is 24.8 Å². The highest BCUT2D eigenvalue weighted by Gasteiger charge is 2.37. The van der Waals surface area contributed by atoms with E-state index in [1.165, 1.54) is 12.8 Å². The van der Waals surface area contributed by atoms with Gasteiger partial charge in [-0.3, -0.25) is 4.79 Å². The van der Waals surface area contributed by atoms with Crippen LogP contribution in [0.3, 0.4) is 0 Å². The molecule has 2 fully saturated rings. The smallest absolute Gasteiger partial charge is 0.222 e. The Balaban J connectivity index is 1.56.